The molecule has 1 amide bonds. The second-order valence-corrected chi connectivity index (χ2v) is 4.82. The van der Waals surface area contributed by atoms with Crippen LogP contribution >= 0.6 is 0 Å². The second kappa shape index (κ2) is 6.92. The number of benzene rings is 1. The van der Waals surface area contributed by atoms with Crippen LogP contribution in [0.5, 0.6) is 0 Å². The van der Waals surface area contributed by atoms with Crippen molar-refractivity contribution in [2.45, 2.75) is 26.7 Å². The number of amides is 1. The smallest absolute Gasteiger partial charge is 0.305 e. The lowest BCUT2D eigenvalue weighted by Crippen LogP contribution is -2.24. The molecule has 5 nitrogen and oxygen atoms in total. The van der Waals surface area contributed by atoms with E-state index in [0.29, 0.717) is 31.6 Å². The molecule has 21 heavy (non-hydrogen) atoms. The first-order valence-corrected chi connectivity index (χ1v) is 7.04. The molecule has 1 aromatic heterocycles. The van der Waals surface area contributed by atoms with Crippen molar-refractivity contribution in [3.63, 3.8) is 0 Å². The predicted octanol–water partition coefficient (Wildman–Crippen LogP) is 2.81. The Morgan fingerprint density at radius 1 is 1.29 bits per heavy atom. The molecule has 0 radical (unpaired) electrons. The number of furan rings is 1. The number of nitrogens with one attached hydrogen (secondary N) is 1. The Hall–Kier alpha value is -2.30. The zero-order valence-electron chi connectivity index (χ0n) is 12.3. The Kier molecular flexibility index (Phi) is 4.98. The van der Waals surface area contributed by atoms with Gasteiger partial charge in [0, 0.05) is 18.4 Å². The molecule has 112 valence electrons. The summed E-state index contributed by atoms with van der Waals surface area (Å²) < 4.78 is 10.3. The van der Waals surface area contributed by atoms with E-state index in [4.69, 9.17) is 9.15 Å². The number of hydrogen-bond donors (Lipinski definition) is 1. The van der Waals surface area contributed by atoms with Gasteiger partial charge in [-0.1, -0.05) is 11.6 Å². The van der Waals surface area contributed by atoms with Gasteiger partial charge in [0.25, 0.3) is 5.91 Å². The lowest BCUT2D eigenvalue weighted by Gasteiger charge is -2.03. The molecule has 0 unspecified atom stereocenters. The Morgan fingerprint density at radius 3 is 2.86 bits per heavy atom. The number of carbonyl (C=O) groups excluding carboxylic acids is 2. The highest BCUT2D eigenvalue weighted by Crippen LogP contribution is 2.20. The summed E-state index contributed by atoms with van der Waals surface area (Å²) in [6, 6.07) is 7.48. The molecule has 0 spiro atoms. The van der Waals surface area contributed by atoms with E-state index in [0.717, 1.165) is 10.9 Å². The molecule has 0 bridgehead atoms. The maximum Gasteiger partial charge on any atom is 0.305 e. The van der Waals surface area contributed by atoms with Gasteiger partial charge in [0.2, 0.25) is 0 Å². The van der Waals surface area contributed by atoms with Gasteiger partial charge in [0.05, 0.1) is 6.61 Å². The van der Waals surface area contributed by atoms with Crippen LogP contribution in [-0.4, -0.2) is 25.0 Å². The van der Waals surface area contributed by atoms with Gasteiger partial charge in [-0.25, -0.2) is 0 Å². The van der Waals surface area contributed by atoms with Crippen molar-refractivity contribution in [3.8, 4) is 0 Å². The summed E-state index contributed by atoms with van der Waals surface area (Å²) in [6.07, 6.45) is 0.845. The molecule has 0 fully saturated rings. The second-order valence-electron chi connectivity index (χ2n) is 4.82. The Morgan fingerprint density at radius 2 is 2.10 bits per heavy atom. The van der Waals surface area contributed by atoms with Gasteiger partial charge in [-0.2, -0.15) is 0 Å². The summed E-state index contributed by atoms with van der Waals surface area (Å²) >= 11 is 0. The molecule has 0 atom stereocenters. The fourth-order valence-electron chi connectivity index (χ4n) is 2.03. The monoisotopic (exact) mass is 289 g/mol. The zero-order chi connectivity index (χ0) is 15.2. The number of hydrogen-bond acceptors (Lipinski definition) is 4. The van der Waals surface area contributed by atoms with Crippen LogP contribution < -0.4 is 5.32 Å². The number of fused-ring (bicyclic) bond motifs is 1. The van der Waals surface area contributed by atoms with Gasteiger partial charge in [-0.05, 0) is 38.5 Å². The Bertz CT molecular complexity index is 645. The third-order valence-corrected chi connectivity index (χ3v) is 3.04. The predicted molar refractivity (Wildman–Crippen MR) is 79.2 cm³/mol. The fourth-order valence-corrected chi connectivity index (χ4v) is 2.03. The van der Waals surface area contributed by atoms with Crippen LogP contribution in [0.1, 0.15) is 35.9 Å². The molecule has 1 N–H and O–H groups in total. The molecular formula is C16H19NO4. The molecule has 0 aliphatic heterocycles. The number of ether oxygens (including phenoxy) is 1. The largest absolute Gasteiger partial charge is 0.466 e. The van der Waals surface area contributed by atoms with Gasteiger partial charge >= 0.3 is 5.97 Å². The number of esters is 1. The summed E-state index contributed by atoms with van der Waals surface area (Å²) in [7, 11) is 0. The highest BCUT2D eigenvalue weighted by Gasteiger charge is 2.12. The quantitative estimate of drug-likeness (QED) is 0.656. The average Bonchev–Trinajstić information content (AvgIpc) is 2.86. The van der Waals surface area contributed by atoms with Crippen LogP contribution in [-0.2, 0) is 9.53 Å². The Labute approximate surface area is 123 Å². The molecule has 5 heteroatoms. The zero-order valence-corrected chi connectivity index (χ0v) is 12.3. The minimum Gasteiger partial charge on any atom is -0.466 e. The van der Waals surface area contributed by atoms with E-state index in [1.807, 2.05) is 25.1 Å². The SMILES string of the molecule is CCOC(=O)CCCNC(=O)c1cc2cc(C)ccc2o1. The number of carbonyl (C=O) groups is 2. The van der Waals surface area contributed by atoms with Crippen LogP contribution in [0.3, 0.4) is 0 Å². The fraction of sp³-hybridized carbons (Fsp3) is 0.375. The lowest BCUT2D eigenvalue weighted by atomic mass is 10.2. The lowest BCUT2D eigenvalue weighted by molar-refractivity contribution is -0.143. The summed E-state index contributed by atoms with van der Waals surface area (Å²) in [5.41, 5.74) is 1.81. The number of aryl methyl sites for hydroxylation is 1. The van der Waals surface area contributed by atoms with E-state index in [1.165, 1.54) is 0 Å². The molecule has 0 aliphatic rings. The van der Waals surface area contributed by atoms with Crippen molar-refractivity contribution in [2.24, 2.45) is 0 Å². The van der Waals surface area contributed by atoms with E-state index in [-0.39, 0.29) is 17.6 Å². The highest BCUT2D eigenvalue weighted by atomic mass is 16.5. The van der Waals surface area contributed by atoms with Gasteiger partial charge < -0.3 is 14.5 Å². The van der Waals surface area contributed by atoms with Crippen molar-refractivity contribution in [1.29, 1.82) is 0 Å². The maximum absolute atomic E-state index is 11.9. The van der Waals surface area contributed by atoms with Gasteiger partial charge in [-0.3, -0.25) is 9.59 Å². The molecule has 2 rings (SSSR count). The van der Waals surface area contributed by atoms with Gasteiger partial charge in [0.1, 0.15) is 5.58 Å². The summed E-state index contributed by atoms with van der Waals surface area (Å²) in [5.74, 6) is -0.231. The Balaban J connectivity index is 1.86. The minimum absolute atomic E-state index is 0.244. The molecule has 1 aromatic carbocycles. The highest BCUT2D eigenvalue weighted by molar-refractivity contribution is 5.96. The van der Waals surface area contributed by atoms with E-state index in [1.54, 1.807) is 13.0 Å². The van der Waals surface area contributed by atoms with Gasteiger partial charge in [-0.15, -0.1) is 0 Å². The van der Waals surface area contributed by atoms with Crippen molar-refractivity contribution in [2.75, 3.05) is 13.2 Å². The molecule has 1 heterocycles. The van der Waals surface area contributed by atoms with Crippen LogP contribution in [0.25, 0.3) is 11.0 Å². The van der Waals surface area contributed by atoms with Crippen LogP contribution in [0.15, 0.2) is 28.7 Å². The van der Waals surface area contributed by atoms with Crippen LogP contribution in [0, 0.1) is 6.92 Å². The van der Waals surface area contributed by atoms with E-state index >= 15 is 0 Å². The molecule has 0 saturated heterocycles. The van der Waals surface area contributed by atoms with E-state index in [9.17, 15) is 9.59 Å². The first-order valence-electron chi connectivity index (χ1n) is 7.04. The van der Waals surface area contributed by atoms with Crippen LogP contribution in [0.2, 0.25) is 0 Å². The minimum atomic E-state index is -0.271. The van der Waals surface area contributed by atoms with Crippen molar-refractivity contribution in [1.82, 2.24) is 5.32 Å². The average molecular weight is 289 g/mol. The summed E-state index contributed by atoms with van der Waals surface area (Å²) in [6.45, 7) is 4.54. The molecule has 0 aliphatic carbocycles. The summed E-state index contributed by atoms with van der Waals surface area (Å²) in [5, 5.41) is 3.64. The third kappa shape index (κ3) is 4.08. The normalized spacial score (nSPS) is 10.6. The topological polar surface area (TPSA) is 68.5 Å². The van der Waals surface area contributed by atoms with E-state index in [2.05, 4.69) is 5.32 Å². The van der Waals surface area contributed by atoms with Crippen molar-refractivity contribution >= 4 is 22.8 Å². The first-order chi connectivity index (χ1) is 10.1. The van der Waals surface area contributed by atoms with Crippen LogP contribution in [0.4, 0.5) is 0 Å². The van der Waals surface area contributed by atoms with E-state index < -0.39 is 0 Å². The van der Waals surface area contributed by atoms with Crippen molar-refractivity contribution < 1.29 is 18.7 Å². The molecular weight excluding hydrogens is 270 g/mol. The standard InChI is InChI=1S/C16H19NO4/c1-3-20-15(18)5-4-8-17-16(19)14-10-12-9-11(2)6-7-13(12)21-14/h6-7,9-10H,3-5,8H2,1-2H3,(H,17,19). The summed E-state index contributed by atoms with van der Waals surface area (Å²) in [4.78, 5) is 23.1. The first kappa shape index (κ1) is 15.1. The maximum atomic E-state index is 11.9. The van der Waals surface area contributed by atoms with Gasteiger partial charge in [0.15, 0.2) is 5.76 Å². The third-order valence-electron chi connectivity index (χ3n) is 3.04. The van der Waals surface area contributed by atoms with Crippen molar-refractivity contribution in [3.05, 3.63) is 35.6 Å². The molecule has 2 aromatic rings. The number of rotatable bonds is 6. The molecule has 0 saturated carbocycles.